The molecule has 0 saturated heterocycles. The zero-order chi connectivity index (χ0) is 20.3. The molecule has 0 unspecified atom stereocenters. The van der Waals surface area contributed by atoms with Crippen LogP contribution in [-0.4, -0.2) is 26.1 Å². The van der Waals surface area contributed by atoms with Crippen LogP contribution >= 0.6 is 11.8 Å². The third-order valence-corrected chi connectivity index (χ3v) is 4.94. The predicted octanol–water partition coefficient (Wildman–Crippen LogP) is 1.71. The average molecular weight is 396 g/mol. The van der Waals surface area contributed by atoms with Crippen LogP contribution in [0.1, 0.15) is 22.5 Å². The Balaban J connectivity index is 1.67. The zero-order valence-corrected chi connectivity index (χ0v) is 16.0. The fourth-order valence-corrected chi connectivity index (χ4v) is 3.54. The number of thioether (sulfide) groups is 1. The molecule has 0 aliphatic carbocycles. The standard InChI is InChI=1S/C19H16N4O4S/c1-11-6-16(24)22-19(14(11)8-20)28-10-18(26)27-9-13-7-17(25)23-12(2)4-3-5-15(23)21-13/h3-7H,9-10H2,1-2H3,(H,22,24). The molecule has 0 bridgehead atoms. The lowest BCUT2D eigenvalue weighted by Crippen LogP contribution is -2.18. The van der Waals surface area contributed by atoms with Crippen molar-refractivity contribution in [1.29, 1.82) is 5.26 Å². The first-order chi connectivity index (χ1) is 13.4. The summed E-state index contributed by atoms with van der Waals surface area (Å²) in [5.41, 5.74) is 1.84. The highest BCUT2D eigenvalue weighted by Crippen LogP contribution is 2.21. The lowest BCUT2D eigenvalue weighted by Gasteiger charge is -2.08. The van der Waals surface area contributed by atoms with Crippen LogP contribution in [0.3, 0.4) is 0 Å². The van der Waals surface area contributed by atoms with Crippen LogP contribution in [0.2, 0.25) is 0 Å². The number of aryl methyl sites for hydroxylation is 2. The van der Waals surface area contributed by atoms with E-state index in [2.05, 4.69) is 9.97 Å². The number of nitrogens with zero attached hydrogens (tertiary/aromatic N) is 3. The second kappa shape index (κ2) is 8.10. The second-order valence-electron chi connectivity index (χ2n) is 6.03. The monoisotopic (exact) mass is 396 g/mol. The fraction of sp³-hybridized carbons (Fsp3) is 0.211. The van der Waals surface area contributed by atoms with Crippen molar-refractivity contribution in [2.75, 3.05) is 5.75 Å². The Morgan fingerprint density at radius 2 is 2.11 bits per heavy atom. The number of nitriles is 1. The molecule has 0 aliphatic rings. The summed E-state index contributed by atoms with van der Waals surface area (Å²) in [7, 11) is 0. The van der Waals surface area contributed by atoms with Crippen molar-refractivity contribution < 1.29 is 9.53 Å². The maximum Gasteiger partial charge on any atom is 0.316 e. The van der Waals surface area contributed by atoms with Gasteiger partial charge in [0.15, 0.2) is 0 Å². The Bertz CT molecular complexity index is 1220. The van der Waals surface area contributed by atoms with Gasteiger partial charge in [-0.25, -0.2) is 4.98 Å². The molecule has 0 aromatic carbocycles. The van der Waals surface area contributed by atoms with Crippen LogP contribution in [-0.2, 0) is 16.1 Å². The van der Waals surface area contributed by atoms with E-state index in [9.17, 15) is 19.6 Å². The van der Waals surface area contributed by atoms with E-state index in [1.807, 2.05) is 6.07 Å². The van der Waals surface area contributed by atoms with Crippen molar-refractivity contribution >= 4 is 23.4 Å². The van der Waals surface area contributed by atoms with Crippen LogP contribution in [0.15, 0.2) is 44.9 Å². The normalized spacial score (nSPS) is 10.6. The van der Waals surface area contributed by atoms with Crippen LogP contribution in [0.5, 0.6) is 0 Å². The van der Waals surface area contributed by atoms with Gasteiger partial charge in [0.05, 0.1) is 22.0 Å². The molecule has 3 aromatic rings. The highest BCUT2D eigenvalue weighted by molar-refractivity contribution is 7.99. The van der Waals surface area contributed by atoms with Crippen molar-refractivity contribution in [1.82, 2.24) is 14.4 Å². The molecular formula is C19H16N4O4S. The SMILES string of the molecule is Cc1cc(=O)[nH]c(SCC(=O)OCc2cc(=O)n3c(C)cccc3n2)c1C#N. The molecule has 0 fully saturated rings. The van der Waals surface area contributed by atoms with Gasteiger partial charge in [-0.2, -0.15) is 5.26 Å². The Morgan fingerprint density at radius 1 is 1.32 bits per heavy atom. The molecule has 0 radical (unpaired) electrons. The number of hydrogen-bond acceptors (Lipinski definition) is 7. The van der Waals surface area contributed by atoms with E-state index in [0.29, 0.717) is 27.5 Å². The summed E-state index contributed by atoms with van der Waals surface area (Å²) in [6.07, 6.45) is 0. The summed E-state index contributed by atoms with van der Waals surface area (Å²) in [5, 5.41) is 9.52. The summed E-state index contributed by atoms with van der Waals surface area (Å²) in [5.74, 6) is -0.651. The Labute approximate surface area is 163 Å². The highest BCUT2D eigenvalue weighted by atomic mass is 32.2. The zero-order valence-electron chi connectivity index (χ0n) is 15.2. The largest absolute Gasteiger partial charge is 0.459 e. The van der Waals surface area contributed by atoms with E-state index < -0.39 is 5.97 Å². The van der Waals surface area contributed by atoms with Crippen molar-refractivity contribution in [2.45, 2.75) is 25.5 Å². The third kappa shape index (κ3) is 4.13. The first-order valence-electron chi connectivity index (χ1n) is 8.30. The molecule has 142 valence electrons. The maximum absolute atomic E-state index is 12.2. The summed E-state index contributed by atoms with van der Waals surface area (Å²) >= 11 is 1.01. The topological polar surface area (TPSA) is 117 Å². The van der Waals surface area contributed by atoms with Crippen LogP contribution in [0.25, 0.3) is 5.65 Å². The smallest absolute Gasteiger partial charge is 0.316 e. The molecule has 0 saturated carbocycles. The lowest BCUT2D eigenvalue weighted by atomic mass is 10.2. The van der Waals surface area contributed by atoms with E-state index >= 15 is 0 Å². The van der Waals surface area contributed by atoms with E-state index in [1.165, 1.54) is 16.5 Å². The predicted molar refractivity (Wildman–Crippen MR) is 103 cm³/mol. The molecule has 3 heterocycles. The summed E-state index contributed by atoms with van der Waals surface area (Å²) in [6.45, 7) is 3.31. The molecule has 3 aromatic heterocycles. The molecule has 1 N–H and O–H groups in total. The van der Waals surface area contributed by atoms with Crippen molar-refractivity contribution in [2.24, 2.45) is 0 Å². The van der Waals surface area contributed by atoms with Gasteiger partial charge >= 0.3 is 5.97 Å². The van der Waals surface area contributed by atoms with Gasteiger partial charge in [0.2, 0.25) is 5.56 Å². The molecule has 0 spiro atoms. The molecule has 28 heavy (non-hydrogen) atoms. The van der Waals surface area contributed by atoms with Crippen molar-refractivity contribution in [3.05, 3.63) is 73.6 Å². The molecule has 0 atom stereocenters. The number of hydrogen-bond donors (Lipinski definition) is 1. The minimum atomic E-state index is -0.553. The number of carbonyl (C=O) groups is 1. The summed E-state index contributed by atoms with van der Waals surface area (Å²) in [6, 6.07) is 9.96. The number of ether oxygens (including phenoxy) is 1. The highest BCUT2D eigenvalue weighted by Gasteiger charge is 2.12. The molecule has 9 heteroatoms. The van der Waals surface area contributed by atoms with Gasteiger partial charge in [0.25, 0.3) is 5.56 Å². The summed E-state index contributed by atoms with van der Waals surface area (Å²) in [4.78, 5) is 42.7. The number of aromatic nitrogens is 3. The number of H-pyrrole nitrogens is 1. The Hall–Kier alpha value is -3.38. The maximum atomic E-state index is 12.2. The number of aromatic amines is 1. The van der Waals surface area contributed by atoms with Gasteiger partial charge < -0.3 is 9.72 Å². The first-order valence-corrected chi connectivity index (χ1v) is 9.28. The summed E-state index contributed by atoms with van der Waals surface area (Å²) < 4.78 is 6.64. The minimum Gasteiger partial charge on any atom is -0.459 e. The van der Waals surface area contributed by atoms with E-state index in [0.717, 1.165) is 17.5 Å². The molecule has 8 nitrogen and oxygen atoms in total. The Kier molecular flexibility index (Phi) is 5.61. The van der Waals surface area contributed by atoms with E-state index in [4.69, 9.17) is 4.74 Å². The second-order valence-corrected chi connectivity index (χ2v) is 7.01. The van der Waals surface area contributed by atoms with Crippen LogP contribution < -0.4 is 11.1 Å². The minimum absolute atomic E-state index is 0.0975. The Morgan fingerprint density at radius 3 is 2.86 bits per heavy atom. The average Bonchev–Trinajstić information content (AvgIpc) is 2.64. The molecule has 0 amide bonds. The van der Waals surface area contributed by atoms with Crippen LogP contribution in [0, 0.1) is 25.2 Å². The fourth-order valence-electron chi connectivity index (χ4n) is 2.67. The van der Waals surface area contributed by atoms with Gasteiger partial charge in [0.1, 0.15) is 18.3 Å². The van der Waals surface area contributed by atoms with Gasteiger partial charge in [-0.1, -0.05) is 17.8 Å². The number of nitrogens with one attached hydrogen (secondary N) is 1. The van der Waals surface area contributed by atoms with Gasteiger partial charge in [-0.05, 0) is 31.5 Å². The van der Waals surface area contributed by atoms with Crippen molar-refractivity contribution in [3.8, 4) is 6.07 Å². The quantitative estimate of drug-likeness (QED) is 0.515. The first kappa shape index (κ1) is 19.4. The number of pyridine rings is 2. The van der Waals surface area contributed by atoms with Gasteiger partial charge in [-0.3, -0.25) is 18.8 Å². The molecular weight excluding hydrogens is 380 g/mol. The van der Waals surface area contributed by atoms with Crippen LogP contribution in [0.4, 0.5) is 0 Å². The number of esters is 1. The molecule has 3 rings (SSSR count). The van der Waals surface area contributed by atoms with Gasteiger partial charge in [0, 0.05) is 17.8 Å². The number of rotatable bonds is 5. The van der Waals surface area contributed by atoms with E-state index in [1.54, 1.807) is 32.0 Å². The molecule has 0 aliphatic heterocycles. The van der Waals surface area contributed by atoms with Crippen molar-refractivity contribution in [3.63, 3.8) is 0 Å². The number of carbonyl (C=O) groups excluding carboxylic acids is 1. The van der Waals surface area contributed by atoms with E-state index in [-0.39, 0.29) is 23.5 Å². The third-order valence-electron chi connectivity index (χ3n) is 3.97. The number of fused-ring (bicyclic) bond motifs is 1. The lowest BCUT2D eigenvalue weighted by molar-refractivity contribution is -0.141. The van der Waals surface area contributed by atoms with Gasteiger partial charge in [-0.15, -0.1) is 0 Å².